The van der Waals surface area contributed by atoms with E-state index >= 15 is 0 Å². The first-order chi connectivity index (χ1) is 9.24. The predicted molar refractivity (Wildman–Crippen MR) is 77.5 cm³/mol. The summed E-state index contributed by atoms with van der Waals surface area (Å²) < 4.78 is 5.38. The molecular weight excluding hydrogens is 236 g/mol. The van der Waals surface area contributed by atoms with Gasteiger partial charge >= 0.3 is 0 Å². The molecule has 0 amide bonds. The Morgan fingerprint density at radius 2 is 1.95 bits per heavy atom. The van der Waals surface area contributed by atoms with Crippen molar-refractivity contribution in [1.29, 1.82) is 0 Å². The number of hydrogen-bond acceptors (Lipinski definition) is 3. The van der Waals surface area contributed by atoms with E-state index in [1.165, 1.54) is 11.1 Å². The SMILES string of the molecule is CNC(Cc1ccc(C)cc1)c1ncccc1OC. The van der Waals surface area contributed by atoms with Crippen molar-refractivity contribution in [2.45, 2.75) is 19.4 Å². The number of nitrogens with zero attached hydrogens (tertiary/aromatic N) is 1. The van der Waals surface area contributed by atoms with Gasteiger partial charge in [0.2, 0.25) is 0 Å². The second-order valence-electron chi connectivity index (χ2n) is 4.62. The number of hydrogen-bond donors (Lipinski definition) is 1. The van der Waals surface area contributed by atoms with Crippen molar-refractivity contribution in [3.8, 4) is 5.75 Å². The topological polar surface area (TPSA) is 34.2 Å². The molecule has 100 valence electrons. The number of aryl methyl sites for hydroxylation is 1. The van der Waals surface area contributed by atoms with Crippen LogP contribution in [0.3, 0.4) is 0 Å². The van der Waals surface area contributed by atoms with Gasteiger partial charge in [-0.2, -0.15) is 0 Å². The van der Waals surface area contributed by atoms with E-state index in [4.69, 9.17) is 4.74 Å². The minimum atomic E-state index is 0.152. The maximum atomic E-state index is 5.38. The molecule has 2 aromatic rings. The van der Waals surface area contributed by atoms with Gasteiger partial charge in [-0.3, -0.25) is 4.98 Å². The molecule has 1 unspecified atom stereocenters. The summed E-state index contributed by atoms with van der Waals surface area (Å²) in [5.41, 5.74) is 3.52. The highest BCUT2D eigenvalue weighted by molar-refractivity contribution is 5.31. The Labute approximate surface area is 114 Å². The van der Waals surface area contributed by atoms with Crippen LogP contribution in [0.2, 0.25) is 0 Å². The van der Waals surface area contributed by atoms with Crippen LogP contribution >= 0.6 is 0 Å². The summed E-state index contributed by atoms with van der Waals surface area (Å²) in [6.07, 6.45) is 2.70. The van der Waals surface area contributed by atoms with Crippen molar-refractivity contribution in [1.82, 2.24) is 10.3 Å². The zero-order valence-corrected chi connectivity index (χ0v) is 11.7. The van der Waals surface area contributed by atoms with Crippen LogP contribution < -0.4 is 10.1 Å². The van der Waals surface area contributed by atoms with Gasteiger partial charge in [0, 0.05) is 6.20 Å². The minimum Gasteiger partial charge on any atom is -0.495 e. The largest absolute Gasteiger partial charge is 0.495 e. The Morgan fingerprint density at radius 1 is 1.21 bits per heavy atom. The van der Waals surface area contributed by atoms with Crippen LogP contribution in [0.5, 0.6) is 5.75 Å². The van der Waals surface area contributed by atoms with E-state index < -0.39 is 0 Å². The Morgan fingerprint density at radius 3 is 2.58 bits per heavy atom. The van der Waals surface area contributed by atoms with Crippen molar-refractivity contribution in [2.75, 3.05) is 14.2 Å². The van der Waals surface area contributed by atoms with Crippen LogP contribution in [0.4, 0.5) is 0 Å². The van der Waals surface area contributed by atoms with Crippen molar-refractivity contribution in [2.24, 2.45) is 0 Å². The van der Waals surface area contributed by atoms with Gasteiger partial charge in [-0.05, 0) is 38.1 Å². The lowest BCUT2D eigenvalue weighted by atomic mass is 10.0. The molecule has 1 aromatic carbocycles. The van der Waals surface area contributed by atoms with Gasteiger partial charge in [0.05, 0.1) is 18.8 Å². The summed E-state index contributed by atoms with van der Waals surface area (Å²) in [6, 6.07) is 12.6. The van der Waals surface area contributed by atoms with Crippen LogP contribution in [-0.4, -0.2) is 19.1 Å². The molecule has 0 radical (unpaired) electrons. The van der Waals surface area contributed by atoms with Gasteiger partial charge < -0.3 is 10.1 Å². The molecule has 0 saturated heterocycles. The smallest absolute Gasteiger partial charge is 0.141 e. The zero-order valence-electron chi connectivity index (χ0n) is 11.7. The average molecular weight is 256 g/mol. The van der Waals surface area contributed by atoms with Crippen LogP contribution in [-0.2, 0) is 6.42 Å². The molecule has 0 spiro atoms. The quantitative estimate of drug-likeness (QED) is 0.893. The van der Waals surface area contributed by atoms with E-state index in [0.717, 1.165) is 17.9 Å². The number of pyridine rings is 1. The molecule has 1 N–H and O–H groups in total. The van der Waals surface area contributed by atoms with E-state index in [1.807, 2.05) is 19.2 Å². The lowest BCUT2D eigenvalue weighted by Gasteiger charge is -2.18. The monoisotopic (exact) mass is 256 g/mol. The number of benzene rings is 1. The summed E-state index contributed by atoms with van der Waals surface area (Å²) in [7, 11) is 3.63. The highest BCUT2D eigenvalue weighted by Crippen LogP contribution is 2.25. The Hall–Kier alpha value is -1.87. The van der Waals surface area contributed by atoms with Gasteiger partial charge in [0.1, 0.15) is 5.75 Å². The normalized spacial score (nSPS) is 12.2. The maximum Gasteiger partial charge on any atom is 0.141 e. The van der Waals surface area contributed by atoms with Crippen molar-refractivity contribution in [3.63, 3.8) is 0 Å². The molecule has 0 saturated carbocycles. The molecule has 1 aromatic heterocycles. The summed E-state index contributed by atoms with van der Waals surface area (Å²) in [6.45, 7) is 2.10. The van der Waals surface area contributed by atoms with Gasteiger partial charge in [0.25, 0.3) is 0 Å². The molecule has 1 atom stereocenters. The van der Waals surface area contributed by atoms with E-state index in [2.05, 4.69) is 41.5 Å². The molecule has 0 bridgehead atoms. The second-order valence-corrected chi connectivity index (χ2v) is 4.62. The van der Waals surface area contributed by atoms with Crippen molar-refractivity contribution >= 4 is 0 Å². The van der Waals surface area contributed by atoms with Gasteiger partial charge in [-0.1, -0.05) is 29.8 Å². The Balaban J connectivity index is 2.22. The summed E-state index contributed by atoms with van der Waals surface area (Å²) in [5, 5.41) is 3.31. The third kappa shape index (κ3) is 3.32. The van der Waals surface area contributed by atoms with Crippen molar-refractivity contribution in [3.05, 3.63) is 59.4 Å². The van der Waals surface area contributed by atoms with Gasteiger partial charge in [-0.25, -0.2) is 0 Å². The number of nitrogens with one attached hydrogen (secondary N) is 1. The number of methoxy groups -OCH3 is 1. The fourth-order valence-corrected chi connectivity index (χ4v) is 2.13. The van der Waals surface area contributed by atoms with Crippen LogP contribution in [0.25, 0.3) is 0 Å². The fraction of sp³-hybridized carbons (Fsp3) is 0.312. The number of ether oxygens (including phenoxy) is 1. The molecule has 1 heterocycles. The maximum absolute atomic E-state index is 5.38. The van der Waals surface area contributed by atoms with Crippen LogP contribution in [0.15, 0.2) is 42.6 Å². The fourth-order valence-electron chi connectivity index (χ4n) is 2.13. The Bertz CT molecular complexity index is 523. The standard InChI is InChI=1S/C16H20N2O/c1-12-6-8-13(9-7-12)11-14(17-2)16-15(19-3)5-4-10-18-16/h4-10,14,17H,11H2,1-3H3. The van der Waals surface area contributed by atoms with Crippen molar-refractivity contribution < 1.29 is 4.74 Å². The van der Waals surface area contributed by atoms with E-state index in [0.29, 0.717) is 0 Å². The molecule has 0 aliphatic carbocycles. The lowest BCUT2D eigenvalue weighted by Crippen LogP contribution is -2.20. The molecule has 19 heavy (non-hydrogen) atoms. The average Bonchev–Trinajstić information content (AvgIpc) is 2.46. The summed E-state index contributed by atoms with van der Waals surface area (Å²) in [4.78, 5) is 4.45. The summed E-state index contributed by atoms with van der Waals surface area (Å²) in [5.74, 6) is 0.828. The second kappa shape index (κ2) is 6.34. The number of aromatic nitrogens is 1. The third-order valence-corrected chi connectivity index (χ3v) is 3.26. The van der Waals surface area contributed by atoms with Crippen LogP contribution in [0, 0.1) is 6.92 Å². The molecular formula is C16H20N2O. The molecule has 2 rings (SSSR count). The number of rotatable bonds is 5. The third-order valence-electron chi connectivity index (χ3n) is 3.26. The zero-order chi connectivity index (χ0) is 13.7. The molecule has 3 nitrogen and oxygen atoms in total. The van der Waals surface area contributed by atoms with E-state index in [-0.39, 0.29) is 6.04 Å². The molecule has 0 aliphatic rings. The first kappa shape index (κ1) is 13.6. The first-order valence-electron chi connectivity index (χ1n) is 6.46. The van der Waals surface area contributed by atoms with Crippen LogP contribution in [0.1, 0.15) is 22.9 Å². The van der Waals surface area contributed by atoms with E-state index in [9.17, 15) is 0 Å². The highest BCUT2D eigenvalue weighted by atomic mass is 16.5. The number of likely N-dealkylation sites (N-methyl/N-ethyl adjacent to an activating group) is 1. The molecule has 3 heteroatoms. The molecule has 0 aliphatic heterocycles. The minimum absolute atomic E-state index is 0.152. The highest BCUT2D eigenvalue weighted by Gasteiger charge is 2.16. The Kier molecular flexibility index (Phi) is 4.53. The predicted octanol–water partition coefficient (Wildman–Crippen LogP) is 2.90. The van der Waals surface area contributed by atoms with Gasteiger partial charge in [-0.15, -0.1) is 0 Å². The molecule has 0 fully saturated rings. The van der Waals surface area contributed by atoms with E-state index in [1.54, 1.807) is 13.3 Å². The first-order valence-corrected chi connectivity index (χ1v) is 6.46. The lowest BCUT2D eigenvalue weighted by molar-refractivity contribution is 0.396. The van der Waals surface area contributed by atoms with Gasteiger partial charge in [0.15, 0.2) is 0 Å². The summed E-state index contributed by atoms with van der Waals surface area (Å²) >= 11 is 0.